The van der Waals surface area contributed by atoms with E-state index in [4.69, 9.17) is 0 Å². The minimum absolute atomic E-state index is 0.0160. The second-order valence-corrected chi connectivity index (χ2v) is 8.64. The summed E-state index contributed by atoms with van der Waals surface area (Å²) in [6, 6.07) is 6.41. The molecule has 29 heavy (non-hydrogen) atoms. The number of carbonyl (C=O) groups is 1. The molecular formula is C18H21N5O5S. The van der Waals surface area contributed by atoms with Crippen molar-refractivity contribution in [3.8, 4) is 0 Å². The molecule has 0 aliphatic carbocycles. The molecule has 154 valence electrons. The highest BCUT2D eigenvalue weighted by atomic mass is 32.2. The molecule has 11 heteroatoms. The summed E-state index contributed by atoms with van der Waals surface area (Å²) in [6.45, 7) is 3.89. The third-order valence-corrected chi connectivity index (χ3v) is 5.85. The number of hydrogen-bond acceptors (Lipinski definition) is 6. The highest BCUT2D eigenvalue weighted by Crippen LogP contribution is 2.18. The SMILES string of the molecule is CC(C)c1cccc(S(=O)(=O)NC(=O)CCc2nc3c([nH]2)c(=O)[nH]c(=O)n3C)c1. The van der Waals surface area contributed by atoms with Gasteiger partial charge >= 0.3 is 5.69 Å². The van der Waals surface area contributed by atoms with Crippen molar-refractivity contribution in [2.75, 3.05) is 0 Å². The Morgan fingerprint density at radius 3 is 2.66 bits per heavy atom. The lowest BCUT2D eigenvalue weighted by atomic mass is 10.0. The summed E-state index contributed by atoms with van der Waals surface area (Å²) < 4.78 is 28.1. The van der Waals surface area contributed by atoms with E-state index in [1.165, 1.54) is 23.7 Å². The number of imidazole rings is 1. The smallest absolute Gasteiger partial charge is 0.329 e. The summed E-state index contributed by atoms with van der Waals surface area (Å²) in [7, 11) is -2.54. The number of hydrogen-bond donors (Lipinski definition) is 3. The fourth-order valence-electron chi connectivity index (χ4n) is 2.80. The molecule has 2 aromatic heterocycles. The number of carbonyl (C=O) groups excluding carboxylic acids is 1. The topological polar surface area (TPSA) is 147 Å². The maximum atomic E-state index is 12.5. The number of nitrogens with zero attached hydrogens (tertiary/aromatic N) is 2. The van der Waals surface area contributed by atoms with Crippen LogP contribution in [0.3, 0.4) is 0 Å². The molecule has 3 N–H and O–H groups in total. The van der Waals surface area contributed by atoms with Gasteiger partial charge in [0.2, 0.25) is 5.91 Å². The summed E-state index contributed by atoms with van der Waals surface area (Å²) >= 11 is 0. The van der Waals surface area contributed by atoms with E-state index in [9.17, 15) is 22.8 Å². The molecule has 0 bridgehead atoms. The maximum absolute atomic E-state index is 12.5. The van der Waals surface area contributed by atoms with Crippen LogP contribution in [-0.4, -0.2) is 33.8 Å². The highest BCUT2D eigenvalue weighted by molar-refractivity contribution is 7.90. The Kier molecular flexibility index (Phi) is 5.42. The van der Waals surface area contributed by atoms with Crippen molar-refractivity contribution < 1.29 is 13.2 Å². The van der Waals surface area contributed by atoms with Gasteiger partial charge in [0.05, 0.1) is 4.90 Å². The number of aromatic nitrogens is 4. The highest BCUT2D eigenvalue weighted by Gasteiger charge is 2.19. The van der Waals surface area contributed by atoms with Crippen LogP contribution in [0, 0.1) is 0 Å². The van der Waals surface area contributed by atoms with Crippen molar-refractivity contribution in [3.63, 3.8) is 0 Å². The van der Waals surface area contributed by atoms with Crippen LogP contribution in [0.25, 0.3) is 11.2 Å². The number of aromatic amines is 2. The van der Waals surface area contributed by atoms with Crippen LogP contribution in [0.5, 0.6) is 0 Å². The molecule has 0 atom stereocenters. The zero-order valence-electron chi connectivity index (χ0n) is 16.1. The molecule has 3 rings (SSSR count). The normalized spacial score (nSPS) is 11.9. The van der Waals surface area contributed by atoms with Gasteiger partial charge in [0.25, 0.3) is 15.6 Å². The molecule has 0 aliphatic heterocycles. The quantitative estimate of drug-likeness (QED) is 0.530. The second kappa shape index (κ2) is 7.66. The molecule has 1 aromatic carbocycles. The van der Waals surface area contributed by atoms with Crippen molar-refractivity contribution >= 4 is 27.1 Å². The van der Waals surface area contributed by atoms with E-state index < -0.39 is 27.2 Å². The molecule has 10 nitrogen and oxygen atoms in total. The van der Waals surface area contributed by atoms with Gasteiger partial charge in [-0.25, -0.2) is 22.9 Å². The van der Waals surface area contributed by atoms with Crippen LogP contribution in [0.4, 0.5) is 0 Å². The van der Waals surface area contributed by atoms with E-state index in [0.717, 1.165) is 5.56 Å². The average molecular weight is 419 g/mol. The van der Waals surface area contributed by atoms with Gasteiger partial charge in [0.1, 0.15) is 11.3 Å². The van der Waals surface area contributed by atoms with Crippen LogP contribution < -0.4 is 16.0 Å². The van der Waals surface area contributed by atoms with Crippen LogP contribution in [-0.2, 0) is 28.3 Å². The molecular weight excluding hydrogens is 398 g/mol. The number of benzene rings is 1. The van der Waals surface area contributed by atoms with Gasteiger partial charge in [0, 0.05) is 19.9 Å². The molecule has 0 spiro atoms. The number of fused-ring (bicyclic) bond motifs is 1. The van der Waals surface area contributed by atoms with E-state index in [-0.39, 0.29) is 34.8 Å². The first-order valence-corrected chi connectivity index (χ1v) is 10.4. The Morgan fingerprint density at radius 1 is 1.24 bits per heavy atom. The van der Waals surface area contributed by atoms with E-state index in [1.54, 1.807) is 6.07 Å². The van der Waals surface area contributed by atoms with Crippen molar-refractivity contribution in [1.29, 1.82) is 0 Å². The number of aryl methyl sites for hydroxylation is 2. The molecule has 3 aromatic rings. The Morgan fingerprint density at radius 2 is 1.97 bits per heavy atom. The van der Waals surface area contributed by atoms with Crippen LogP contribution in [0.2, 0.25) is 0 Å². The van der Waals surface area contributed by atoms with E-state index in [2.05, 4.69) is 15.0 Å². The molecule has 0 saturated carbocycles. The maximum Gasteiger partial charge on any atom is 0.329 e. The summed E-state index contributed by atoms with van der Waals surface area (Å²) in [5.74, 6) is -0.266. The number of rotatable bonds is 6. The Hall–Kier alpha value is -3.21. The van der Waals surface area contributed by atoms with E-state index >= 15 is 0 Å². The third-order valence-electron chi connectivity index (χ3n) is 4.48. The van der Waals surface area contributed by atoms with E-state index in [0.29, 0.717) is 5.82 Å². The molecule has 0 radical (unpaired) electrons. The van der Waals surface area contributed by atoms with Crippen LogP contribution in [0.1, 0.15) is 37.6 Å². The fourth-order valence-corrected chi connectivity index (χ4v) is 3.87. The predicted molar refractivity (Wildman–Crippen MR) is 106 cm³/mol. The average Bonchev–Trinajstić information content (AvgIpc) is 3.09. The molecule has 0 fully saturated rings. The van der Waals surface area contributed by atoms with Crippen molar-refractivity contribution in [3.05, 3.63) is 56.5 Å². The van der Waals surface area contributed by atoms with Gasteiger partial charge in [-0.2, -0.15) is 0 Å². The number of H-pyrrole nitrogens is 2. The molecule has 0 unspecified atom stereocenters. The minimum Gasteiger partial charge on any atom is -0.336 e. The molecule has 2 heterocycles. The van der Waals surface area contributed by atoms with Gasteiger partial charge in [-0.15, -0.1) is 0 Å². The zero-order valence-corrected chi connectivity index (χ0v) is 17.0. The summed E-state index contributed by atoms with van der Waals surface area (Å²) in [5, 5.41) is 0. The Bertz CT molecular complexity index is 1300. The fraction of sp³-hybridized carbons (Fsp3) is 0.333. The zero-order chi connectivity index (χ0) is 21.3. The monoisotopic (exact) mass is 419 g/mol. The lowest BCUT2D eigenvalue weighted by Gasteiger charge is -2.10. The van der Waals surface area contributed by atoms with E-state index in [1.807, 2.05) is 24.6 Å². The van der Waals surface area contributed by atoms with Gasteiger partial charge in [-0.3, -0.25) is 19.1 Å². The van der Waals surface area contributed by atoms with Gasteiger partial charge < -0.3 is 4.98 Å². The lowest BCUT2D eigenvalue weighted by molar-refractivity contribution is -0.119. The molecule has 1 amide bonds. The molecule has 0 saturated heterocycles. The van der Waals surface area contributed by atoms with Gasteiger partial charge in [-0.1, -0.05) is 26.0 Å². The Balaban J connectivity index is 1.73. The van der Waals surface area contributed by atoms with Crippen molar-refractivity contribution in [1.82, 2.24) is 24.2 Å². The number of nitrogens with one attached hydrogen (secondary N) is 3. The van der Waals surface area contributed by atoms with Crippen LogP contribution in [0.15, 0.2) is 38.8 Å². The largest absolute Gasteiger partial charge is 0.336 e. The predicted octanol–water partition coefficient (Wildman–Crippen LogP) is 0.511. The van der Waals surface area contributed by atoms with Crippen molar-refractivity contribution in [2.45, 2.75) is 37.5 Å². The summed E-state index contributed by atoms with van der Waals surface area (Å²) in [5.41, 5.74) is -0.0988. The summed E-state index contributed by atoms with van der Waals surface area (Å²) in [4.78, 5) is 44.7. The first kappa shape index (κ1) is 20.5. The lowest BCUT2D eigenvalue weighted by Crippen LogP contribution is -2.30. The third kappa shape index (κ3) is 4.29. The first-order valence-electron chi connectivity index (χ1n) is 8.92. The minimum atomic E-state index is -3.99. The second-order valence-electron chi connectivity index (χ2n) is 6.96. The Labute approximate surface area is 166 Å². The first-order chi connectivity index (χ1) is 13.6. The number of amides is 1. The summed E-state index contributed by atoms with van der Waals surface area (Å²) in [6.07, 6.45) is -0.107. The van der Waals surface area contributed by atoms with Crippen molar-refractivity contribution in [2.24, 2.45) is 7.05 Å². The number of sulfonamides is 1. The van der Waals surface area contributed by atoms with Crippen LogP contribution >= 0.6 is 0 Å². The molecule has 0 aliphatic rings. The van der Waals surface area contributed by atoms with Gasteiger partial charge in [0.15, 0.2) is 5.65 Å². The standard InChI is InChI=1S/C18H21N5O5S/c1-10(2)11-5-4-6-12(9-11)29(27,28)22-14(24)8-7-13-19-15-16(20-13)23(3)18(26)21-17(15)25/h4-6,9-10H,7-8H2,1-3H3,(H,19,20)(H,22,24)(H,21,25,26). The van der Waals surface area contributed by atoms with Gasteiger partial charge in [-0.05, 0) is 23.6 Å².